The van der Waals surface area contributed by atoms with Gasteiger partial charge in [0.2, 0.25) is 5.91 Å². The molecule has 0 saturated carbocycles. The highest BCUT2D eigenvalue weighted by Crippen LogP contribution is 1.88. The first-order valence-electron chi connectivity index (χ1n) is 5.07. The van der Waals surface area contributed by atoms with E-state index in [4.69, 9.17) is 0 Å². The molecule has 80 valence electrons. The van der Waals surface area contributed by atoms with Gasteiger partial charge in [-0.25, -0.2) is 0 Å². The molecule has 1 aliphatic rings. The fourth-order valence-electron chi connectivity index (χ4n) is 1.36. The van der Waals surface area contributed by atoms with E-state index in [1.165, 1.54) is 0 Å². The molecular formula is C9H18N4O. The van der Waals surface area contributed by atoms with Crippen molar-refractivity contribution in [1.82, 2.24) is 15.5 Å². The smallest absolute Gasteiger partial charge is 0.241 e. The van der Waals surface area contributed by atoms with Crippen molar-refractivity contribution < 1.29 is 4.79 Å². The summed E-state index contributed by atoms with van der Waals surface area (Å²) in [6, 6.07) is 0. The van der Waals surface area contributed by atoms with Gasteiger partial charge < -0.3 is 15.5 Å². The molecule has 0 atom stereocenters. The third-order valence-corrected chi connectivity index (χ3v) is 2.20. The largest absolute Gasteiger partial charge is 0.355 e. The predicted molar refractivity (Wildman–Crippen MR) is 56.2 cm³/mol. The summed E-state index contributed by atoms with van der Waals surface area (Å²) in [5.41, 5.74) is 0. The second-order valence-electron chi connectivity index (χ2n) is 3.08. The lowest BCUT2D eigenvalue weighted by Gasteiger charge is -2.18. The zero-order valence-corrected chi connectivity index (χ0v) is 8.84. The highest BCUT2D eigenvalue weighted by Gasteiger charge is 2.10. The summed E-state index contributed by atoms with van der Waals surface area (Å²) in [6.07, 6.45) is 0. The number of carbonyl (C=O) groups is 1. The van der Waals surface area contributed by atoms with Gasteiger partial charge >= 0.3 is 0 Å². The van der Waals surface area contributed by atoms with Crippen LogP contribution in [0.4, 0.5) is 0 Å². The van der Waals surface area contributed by atoms with Crippen LogP contribution >= 0.6 is 0 Å². The van der Waals surface area contributed by atoms with E-state index in [-0.39, 0.29) is 5.91 Å². The number of hydrogen-bond acceptors (Lipinski definition) is 4. The Morgan fingerprint density at radius 1 is 1.57 bits per heavy atom. The Morgan fingerprint density at radius 2 is 2.29 bits per heavy atom. The van der Waals surface area contributed by atoms with Crippen LogP contribution in [0.1, 0.15) is 13.8 Å². The Labute approximate surface area is 84.6 Å². The Bertz CT molecular complexity index is 223. The summed E-state index contributed by atoms with van der Waals surface area (Å²) in [7, 11) is 0. The van der Waals surface area contributed by atoms with Gasteiger partial charge in [-0.1, -0.05) is 0 Å². The van der Waals surface area contributed by atoms with Gasteiger partial charge in [0.25, 0.3) is 0 Å². The minimum atomic E-state index is 0.117. The fourth-order valence-corrected chi connectivity index (χ4v) is 1.36. The van der Waals surface area contributed by atoms with Crippen molar-refractivity contribution >= 4 is 11.9 Å². The number of nitrogens with one attached hydrogen (secondary N) is 2. The first-order chi connectivity index (χ1) is 6.77. The number of hydrogen-bond donors (Lipinski definition) is 2. The normalized spacial score (nSPS) is 14.6. The van der Waals surface area contributed by atoms with Gasteiger partial charge in [-0.15, -0.1) is 0 Å². The van der Waals surface area contributed by atoms with Crippen molar-refractivity contribution in [2.75, 3.05) is 32.7 Å². The Balaban J connectivity index is 2.26. The minimum absolute atomic E-state index is 0.117. The average Bonchev–Trinajstić information content (AvgIpc) is 2.69. The molecule has 1 heterocycles. The number of aliphatic imine (C=N–C) groups is 1. The quantitative estimate of drug-likeness (QED) is 0.634. The van der Waals surface area contributed by atoms with E-state index in [2.05, 4.69) is 15.6 Å². The van der Waals surface area contributed by atoms with E-state index in [1.54, 1.807) is 4.90 Å². The second-order valence-corrected chi connectivity index (χ2v) is 3.08. The summed E-state index contributed by atoms with van der Waals surface area (Å²) in [5, 5.41) is 6.03. The lowest BCUT2D eigenvalue weighted by molar-refractivity contribution is -0.129. The maximum Gasteiger partial charge on any atom is 0.241 e. The average molecular weight is 198 g/mol. The molecule has 0 spiro atoms. The van der Waals surface area contributed by atoms with Gasteiger partial charge in [-0.3, -0.25) is 9.79 Å². The van der Waals surface area contributed by atoms with E-state index in [9.17, 15) is 4.79 Å². The lowest BCUT2D eigenvalue weighted by atomic mass is 10.4. The van der Waals surface area contributed by atoms with Crippen LogP contribution < -0.4 is 10.6 Å². The number of guanidine groups is 1. The third-order valence-electron chi connectivity index (χ3n) is 2.20. The van der Waals surface area contributed by atoms with E-state index in [0.717, 1.165) is 32.1 Å². The van der Waals surface area contributed by atoms with Crippen molar-refractivity contribution in [1.29, 1.82) is 0 Å². The molecular weight excluding hydrogens is 180 g/mol. The van der Waals surface area contributed by atoms with Crippen molar-refractivity contribution in [3.8, 4) is 0 Å². The Kier molecular flexibility index (Phi) is 4.22. The van der Waals surface area contributed by atoms with Gasteiger partial charge in [0, 0.05) is 19.6 Å². The number of carbonyl (C=O) groups excluding carboxylic acids is 1. The van der Waals surface area contributed by atoms with Gasteiger partial charge in [0.05, 0.1) is 13.1 Å². The topological polar surface area (TPSA) is 56.7 Å². The van der Waals surface area contributed by atoms with E-state index < -0.39 is 0 Å². The summed E-state index contributed by atoms with van der Waals surface area (Å²) in [6.45, 7) is 7.46. The Morgan fingerprint density at radius 3 is 2.79 bits per heavy atom. The summed E-state index contributed by atoms with van der Waals surface area (Å²) >= 11 is 0. The van der Waals surface area contributed by atoms with Crippen molar-refractivity contribution in [3.63, 3.8) is 0 Å². The second kappa shape index (κ2) is 5.47. The number of likely N-dealkylation sites (N-methyl/N-ethyl adjacent to an activating group) is 1. The molecule has 1 rings (SSSR count). The van der Waals surface area contributed by atoms with Crippen LogP contribution in [0.25, 0.3) is 0 Å². The van der Waals surface area contributed by atoms with Gasteiger partial charge in [-0.05, 0) is 13.8 Å². The molecule has 2 N–H and O–H groups in total. The minimum Gasteiger partial charge on any atom is -0.355 e. The molecule has 5 heteroatoms. The van der Waals surface area contributed by atoms with E-state index in [1.807, 2.05) is 13.8 Å². The molecule has 0 aromatic heterocycles. The van der Waals surface area contributed by atoms with Crippen LogP contribution in [-0.4, -0.2) is 49.5 Å². The zero-order chi connectivity index (χ0) is 10.4. The fraction of sp³-hybridized carbons (Fsp3) is 0.778. The molecule has 0 aromatic rings. The number of nitrogens with zero attached hydrogens (tertiary/aromatic N) is 2. The van der Waals surface area contributed by atoms with Crippen LogP contribution in [-0.2, 0) is 4.79 Å². The molecule has 14 heavy (non-hydrogen) atoms. The molecule has 1 aliphatic heterocycles. The van der Waals surface area contributed by atoms with Crippen LogP contribution in [0.15, 0.2) is 4.99 Å². The molecule has 0 unspecified atom stereocenters. The first-order valence-corrected chi connectivity index (χ1v) is 5.07. The number of rotatable bonds is 4. The molecule has 1 amide bonds. The molecule has 0 radical (unpaired) electrons. The first kappa shape index (κ1) is 10.8. The van der Waals surface area contributed by atoms with Gasteiger partial charge in [0.1, 0.15) is 0 Å². The van der Waals surface area contributed by atoms with Crippen molar-refractivity contribution in [2.24, 2.45) is 4.99 Å². The van der Waals surface area contributed by atoms with Gasteiger partial charge in [0.15, 0.2) is 5.96 Å². The zero-order valence-electron chi connectivity index (χ0n) is 8.84. The van der Waals surface area contributed by atoms with Crippen LogP contribution in [0.5, 0.6) is 0 Å². The standard InChI is InChI=1S/C9H18N4O/c1-3-13(4-2)8(14)7-12-9-10-5-6-11-9/h3-7H2,1-2H3,(H2,10,11,12). The SMILES string of the molecule is CCN(CC)C(=O)CNC1=NCCN1. The maximum absolute atomic E-state index is 11.5. The van der Waals surface area contributed by atoms with E-state index >= 15 is 0 Å². The predicted octanol–water partition coefficient (Wildman–Crippen LogP) is -0.596. The molecule has 0 aliphatic carbocycles. The summed E-state index contributed by atoms with van der Waals surface area (Å²) in [5.74, 6) is 0.858. The highest BCUT2D eigenvalue weighted by atomic mass is 16.2. The number of amides is 1. The molecule has 5 nitrogen and oxygen atoms in total. The van der Waals surface area contributed by atoms with Crippen molar-refractivity contribution in [2.45, 2.75) is 13.8 Å². The highest BCUT2D eigenvalue weighted by molar-refractivity contribution is 5.87. The van der Waals surface area contributed by atoms with Crippen LogP contribution in [0, 0.1) is 0 Å². The van der Waals surface area contributed by atoms with Crippen LogP contribution in [0.3, 0.4) is 0 Å². The van der Waals surface area contributed by atoms with E-state index in [0.29, 0.717) is 6.54 Å². The lowest BCUT2D eigenvalue weighted by Crippen LogP contribution is -2.43. The third kappa shape index (κ3) is 2.90. The summed E-state index contributed by atoms with van der Waals surface area (Å²) in [4.78, 5) is 17.5. The van der Waals surface area contributed by atoms with Crippen molar-refractivity contribution in [3.05, 3.63) is 0 Å². The Hall–Kier alpha value is -1.26. The van der Waals surface area contributed by atoms with Gasteiger partial charge in [-0.2, -0.15) is 0 Å². The molecule has 0 bridgehead atoms. The maximum atomic E-state index is 11.5. The monoisotopic (exact) mass is 198 g/mol. The molecule has 0 aromatic carbocycles. The van der Waals surface area contributed by atoms with Crippen LogP contribution in [0.2, 0.25) is 0 Å². The molecule has 0 fully saturated rings. The molecule has 0 saturated heterocycles. The summed E-state index contributed by atoms with van der Waals surface area (Å²) < 4.78 is 0.